The van der Waals surface area contributed by atoms with Crippen LogP contribution in [0.5, 0.6) is 0 Å². The van der Waals surface area contributed by atoms with E-state index in [4.69, 9.17) is 43.9 Å². The summed E-state index contributed by atoms with van der Waals surface area (Å²) in [6.07, 6.45) is 0. The molecule has 1 aromatic rings. The van der Waals surface area contributed by atoms with Crippen LogP contribution in [0.2, 0.25) is 15.1 Å². The van der Waals surface area contributed by atoms with Crippen molar-refractivity contribution in [3.05, 3.63) is 27.2 Å². The molecule has 0 N–H and O–H groups in total. The SMILES string of the molecule is Cl.[Cl][Mg][c]1ccc(Cl)c(Cl)c1Cl. The minimum absolute atomic E-state index is 0. The smallest absolute Gasteiger partial charge is 0.336 e. The molecule has 0 amide bonds. The summed E-state index contributed by atoms with van der Waals surface area (Å²) >= 11 is 16.5. The van der Waals surface area contributed by atoms with Crippen LogP contribution in [0.3, 0.4) is 0 Å². The number of benzene rings is 1. The summed E-state index contributed by atoms with van der Waals surface area (Å²) in [6.45, 7) is 0. The first-order valence-electron chi connectivity index (χ1n) is 2.85. The van der Waals surface area contributed by atoms with Crippen molar-refractivity contribution in [1.82, 2.24) is 0 Å². The summed E-state index contributed by atoms with van der Waals surface area (Å²) in [5, 5.41) is 1.37. The highest BCUT2D eigenvalue weighted by Gasteiger charge is 2.08. The van der Waals surface area contributed by atoms with E-state index in [1.165, 1.54) is 0 Å². The molecule has 0 saturated carbocycles. The Hall–Kier alpha value is 1.44. The lowest BCUT2D eigenvalue weighted by Gasteiger charge is -2.02. The van der Waals surface area contributed by atoms with Crippen LogP contribution in [-0.2, 0) is 0 Å². The second kappa shape index (κ2) is 6.02. The van der Waals surface area contributed by atoms with Gasteiger partial charge in [0.2, 0.25) is 0 Å². The van der Waals surface area contributed by atoms with Gasteiger partial charge in [-0.3, -0.25) is 0 Å². The van der Waals surface area contributed by atoms with Crippen molar-refractivity contribution in [3.8, 4) is 0 Å². The van der Waals surface area contributed by atoms with Crippen molar-refractivity contribution in [1.29, 1.82) is 0 Å². The quantitative estimate of drug-likeness (QED) is 0.543. The van der Waals surface area contributed by atoms with Crippen LogP contribution >= 0.6 is 56.3 Å². The van der Waals surface area contributed by atoms with Crippen molar-refractivity contribution in [2.75, 3.05) is 0 Å². The topological polar surface area (TPSA) is 0 Å². The van der Waals surface area contributed by atoms with Gasteiger partial charge < -0.3 is 9.07 Å². The third-order valence-corrected chi connectivity index (χ3v) is 4.56. The normalized spacial score (nSPS) is 8.67. The third-order valence-electron chi connectivity index (χ3n) is 1.26. The molecule has 0 nitrogen and oxygen atoms in total. The van der Waals surface area contributed by atoms with Crippen LogP contribution in [0, 0.1) is 0 Å². The molecule has 0 fully saturated rings. The number of hydrogen-bond acceptors (Lipinski definition) is 0. The summed E-state index contributed by atoms with van der Waals surface area (Å²) in [7, 11) is 5.71. The van der Waals surface area contributed by atoms with Gasteiger partial charge in [0.1, 0.15) is 0 Å². The zero-order valence-electron chi connectivity index (χ0n) is 5.78. The van der Waals surface area contributed by atoms with Crippen molar-refractivity contribution >= 4 is 79.2 Å². The lowest BCUT2D eigenvalue weighted by molar-refractivity contribution is 1.76. The molecule has 64 valence electrons. The van der Waals surface area contributed by atoms with Gasteiger partial charge in [-0.2, -0.15) is 0 Å². The van der Waals surface area contributed by atoms with E-state index in [-0.39, 0.29) is 12.4 Å². The Morgan fingerprint density at radius 2 is 1.58 bits per heavy atom. The fraction of sp³-hybridized carbons (Fsp3) is 0. The zero-order chi connectivity index (χ0) is 8.43. The summed E-state index contributed by atoms with van der Waals surface area (Å²) in [5.41, 5.74) is 0. The molecule has 0 saturated heterocycles. The Morgan fingerprint density at radius 3 is 2.08 bits per heavy atom. The van der Waals surface area contributed by atoms with Gasteiger partial charge in [-0.05, 0) is 6.07 Å². The van der Waals surface area contributed by atoms with Gasteiger partial charge in [-0.15, -0.1) is 16.1 Å². The Labute approximate surface area is 105 Å². The molecule has 0 aliphatic rings. The molecule has 0 aromatic heterocycles. The van der Waals surface area contributed by atoms with Crippen molar-refractivity contribution < 1.29 is 0 Å². The lowest BCUT2D eigenvalue weighted by Crippen LogP contribution is -2.09. The largest absolute Gasteiger partial charge is 0.540 e. The zero-order valence-corrected chi connectivity index (χ0v) is 11.0. The number of hydrogen-bond donors (Lipinski definition) is 0. The van der Waals surface area contributed by atoms with E-state index in [0.717, 1.165) is 3.69 Å². The summed E-state index contributed by atoms with van der Waals surface area (Å²) in [4.78, 5) is 0. The Morgan fingerprint density at radius 1 is 1.00 bits per heavy atom. The second-order valence-electron chi connectivity index (χ2n) is 1.97. The molecule has 0 atom stereocenters. The molecule has 0 aliphatic heterocycles. The Bertz CT molecular complexity index is 275. The lowest BCUT2D eigenvalue weighted by atomic mass is 10.3. The van der Waals surface area contributed by atoms with Crippen LogP contribution in [0.4, 0.5) is 0 Å². The molecule has 0 spiro atoms. The van der Waals surface area contributed by atoms with Gasteiger partial charge in [0.05, 0.1) is 10.0 Å². The maximum absolute atomic E-state index is 5.83. The third kappa shape index (κ3) is 2.98. The Kier molecular flexibility index (Phi) is 6.74. The fourth-order valence-corrected chi connectivity index (χ4v) is 2.91. The first-order valence-corrected chi connectivity index (χ1v) is 6.83. The Balaban J connectivity index is 0.00000121. The van der Waals surface area contributed by atoms with Gasteiger partial charge in [-0.1, -0.05) is 40.9 Å². The van der Waals surface area contributed by atoms with E-state index in [9.17, 15) is 0 Å². The second-order valence-corrected chi connectivity index (χ2v) is 4.96. The van der Waals surface area contributed by atoms with Crippen molar-refractivity contribution in [2.45, 2.75) is 0 Å². The molecule has 1 aromatic carbocycles. The average Bonchev–Trinajstić information content (AvgIpc) is 2.01. The molecule has 6 heteroatoms. The molecule has 0 aliphatic carbocycles. The minimum atomic E-state index is -0.778. The molecule has 1 rings (SSSR count). The molecule has 0 bridgehead atoms. The highest BCUT2D eigenvalue weighted by molar-refractivity contribution is 7.02. The van der Waals surface area contributed by atoms with Gasteiger partial charge in [0.15, 0.2) is 0 Å². The maximum Gasteiger partial charge on any atom is 0.540 e. The van der Waals surface area contributed by atoms with Gasteiger partial charge in [0.25, 0.3) is 0 Å². The first kappa shape index (κ1) is 13.4. The van der Waals surface area contributed by atoms with E-state index < -0.39 is 19.3 Å². The average molecular weight is 277 g/mol. The van der Waals surface area contributed by atoms with Crippen LogP contribution in [-0.4, -0.2) is 19.3 Å². The van der Waals surface area contributed by atoms with Crippen molar-refractivity contribution in [2.24, 2.45) is 0 Å². The summed E-state index contributed by atoms with van der Waals surface area (Å²) in [6, 6.07) is 3.52. The summed E-state index contributed by atoms with van der Waals surface area (Å²) < 4.78 is 0.933. The predicted molar refractivity (Wildman–Crippen MR) is 60.0 cm³/mol. The molecule has 12 heavy (non-hydrogen) atoms. The molecule has 0 heterocycles. The highest BCUT2D eigenvalue weighted by Crippen LogP contribution is 2.27. The molecule has 0 unspecified atom stereocenters. The molecule has 0 radical (unpaired) electrons. The van der Waals surface area contributed by atoms with Gasteiger partial charge in [-0.25, -0.2) is 0 Å². The molecular weight excluding hydrogens is 274 g/mol. The fourth-order valence-electron chi connectivity index (χ4n) is 0.669. The van der Waals surface area contributed by atoms with Crippen LogP contribution in [0.1, 0.15) is 0 Å². The van der Waals surface area contributed by atoms with Crippen LogP contribution < -0.4 is 3.69 Å². The first-order chi connectivity index (χ1) is 5.16. The van der Waals surface area contributed by atoms with Crippen LogP contribution in [0.15, 0.2) is 12.1 Å². The van der Waals surface area contributed by atoms with Gasteiger partial charge in [0, 0.05) is 5.02 Å². The van der Waals surface area contributed by atoms with E-state index in [1.807, 2.05) is 6.07 Å². The minimum Gasteiger partial charge on any atom is -0.336 e. The number of rotatable bonds is 1. The maximum atomic E-state index is 5.83. The highest BCUT2D eigenvalue weighted by atomic mass is 35.5. The summed E-state index contributed by atoms with van der Waals surface area (Å²) in [5.74, 6) is 0. The van der Waals surface area contributed by atoms with Crippen LogP contribution in [0.25, 0.3) is 0 Å². The monoisotopic (exact) mass is 274 g/mol. The van der Waals surface area contributed by atoms with E-state index in [1.54, 1.807) is 6.07 Å². The molecular formula is C6H3Cl5Mg. The predicted octanol–water partition coefficient (Wildman–Crippen LogP) is 3.55. The standard InChI is InChI=1S/C6H2Cl3.2ClH.Mg/c7-4-2-1-3-5(8)6(4)9;;;/h1-2H;2*1H;/q;;;+1/p-1. The number of halogens is 5. The van der Waals surface area contributed by atoms with Crippen molar-refractivity contribution in [3.63, 3.8) is 0 Å². The van der Waals surface area contributed by atoms with E-state index >= 15 is 0 Å². The van der Waals surface area contributed by atoms with Gasteiger partial charge >= 0.3 is 19.3 Å². The van der Waals surface area contributed by atoms with E-state index in [0.29, 0.717) is 15.1 Å². The van der Waals surface area contributed by atoms with E-state index in [2.05, 4.69) is 0 Å².